The summed E-state index contributed by atoms with van der Waals surface area (Å²) in [5, 5.41) is 0.678. The standard InChI is InChI=1S/C8H9N/c1-2-4-8-6-9-5-7(8)3-1/h1-4,9H,5-6H2/i5D,6D2/hD. The van der Waals surface area contributed by atoms with Crippen LogP contribution >= 0.6 is 0 Å². The predicted octanol–water partition coefficient (Wildman–Crippen LogP) is 1.29. The highest BCUT2D eigenvalue weighted by atomic mass is 14.9. The van der Waals surface area contributed by atoms with Gasteiger partial charge in [0, 0.05) is 17.1 Å². The smallest absolute Gasteiger partial charge is 0.123 e. The summed E-state index contributed by atoms with van der Waals surface area (Å²) in [6.45, 7) is -2.74. The molecule has 0 aliphatic carbocycles. The maximum atomic E-state index is 7.59. The summed E-state index contributed by atoms with van der Waals surface area (Å²) < 4.78 is 30.2. The van der Waals surface area contributed by atoms with Crippen LogP contribution in [0.15, 0.2) is 24.3 Å². The normalized spacial score (nSPS) is 38.0. The first-order chi connectivity index (χ1) is 6.05. The van der Waals surface area contributed by atoms with E-state index in [0.717, 1.165) is 0 Å². The average molecular weight is 123 g/mol. The van der Waals surface area contributed by atoms with Gasteiger partial charge >= 0.3 is 0 Å². The molecule has 2 rings (SSSR count). The van der Waals surface area contributed by atoms with Gasteiger partial charge in [0.25, 0.3) is 0 Å². The minimum Gasteiger partial charge on any atom is -0.309 e. The summed E-state index contributed by atoms with van der Waals surface area (Å²) in [7, 11) is 0. The minimum absolute atomic E-state index is 0.435. The van der Waals surface area contributed by atoms with Crippen LogP contribution in [0.25, 0.3) is 0 Å². The van der Waals surface area contributed by atoms with Gasteiger partial charge in [0.15, 0.2) is 0 Å². The highest BCUT2D eigenvalue weighted by molar-refractivity contribution is 5.29. The van der Waals surface area contributed by atoms with Crippen LogP contribution in [0.1, 0.15) is 15.2 Å². The summed E-state index contributed by atoms with van der Waals surface area (Å²) >= 11 is 0. The van der Waals surface area contributed by atoms with Gasteiger partial charge in [0.1, 0.15) is 1.41 Å². The van der Waals surface area contributed by atoms with Crippen molar-refractivity contribution in [3.05, 3.63) is 35.4 Å². The lowest BCUT2D eigenvalue weighted by atomic mass is 10.1. The molecular formula is C8H9N. The van der Waals surface area contributed by atoms with Gasteiger partial charge in [-0.25, -0.2) is 0 Å². The molecule has 1 atom stereocenters. The molecule has 0 amide bonds. The van der Waals surface area contributed by atoms with E-state index in [1.807, 2.05) is 0 Å². The Balaban J connectivity index is 2.61. The molecule has 0 bridgehead atoms. The zero-order chi connectivity index (χ0) is 9.64. The van der Waals surface area contributed by atoms with Crippen molar-refractivity contribution in [2.24, 2.45) is 0 Å². The van der Waals surface area contributed by atoms with Crippen molar-refractivity contribution in [3.63, 3.8) is 0 Å². The van der Waals surface area contributed by atoms with Gasteiger partial charge in [0.2, 0.25) is 0 Å². The van der Waals surface area contributed by atoms with Crippen LogP contribution < -0.4 is 5.31 Å². The van der Waals surface area contributed by atoms with Gasteiger partial charge in [0.05, 0.1) is 0 Å². The molecule has 1 nitrogen and oxygen atoms in total. The Kier molecular flexibility index (Phi) is 0.499. The second-order valence-electron chi connectivity index (χ2n) is 1.96. The van der Waals surface area contributed by atoms with Crippen LogP contribution in [0.4, 0.5) is 0 Å². The molecule has 0 saturated carbocycles. The Morgan fingerprint density at radius 3 is 3.00 bits per heavy atom. The Labute approximate surface area is 60.4 Å². The molecule has 1 aliphatic heterocycles. The van der Waals surface area contributed by atoms with Crippen molar-refractivity contribution in [1.82, 2.24) is 5.31 Å². The van der Waals surface area contributed by atoms with Crippen molar-refractivity contribution in [3.8, 4) is 0 Å². The van der Waals surface area contributed by atoms with Crippen LogP contribution in [0.2, 0.25) is 1.41 Å². The summed E-state index contributed by atoms with van der Waals surface area (Å²) in [6, 6.07) is 6.81. The molecule has 1 N–H and O–H groups in total. The van der Waals surface area contributed by atoms with Crippen molar-refractivity contribution in [2.75, 3.05) is 0 Å². The fourth-order valence-corrected chi connectivity index (χ4v) is 0.883. The van der Waals surface area contributed by atoms with Gasteiger partial charge in [-0.3, -0.25) is 0 Å². The molecule has 0 radical (unpaired) electrons. The SMILES string of the molecule is [2H]C1c2ccccc2C([2H])([2H])N1[2H]. The fraction of sp³-hybridized carbons (Fsp3) is 0.250. The molecule has 9 heavy (non-hydrogen) atoms. The molecule has 1 unspecified atom stereocenters. The molecule has 0 saturated heterocycles. The highest BCUT2D eigenvalue weighted by Gasteiger charge is 2.06. The molecule has 1 aliphatic rings. The fourth-order valence-electron chi connectivity index (χ4n) is 0.883. The third-order valence-corrected chi connectivity index (χ3v) is 1.35. The Bertz CT molecular complexity index is 339. The van der Waals surface area contributed by atoms with Gasteiger partial charge in [-0.1, -0.05) is 24.3 Å². The van der Waals surface area contributed by atoms with Crippen molar-refractivity contribution < 1.29 is 5.52 Å². The molecule has 0 spiro atoms. The lowest BCUT2D eigenvalue weighted by molar-refractivity contribution is 0.765. The van der Waals surface area contributed by atoms with E-state index in [2.05, 4.69) is 0 Å². The molecule has 1 heteroatoms. The van der Waals surface area contributed by atoms with Crippen LogP contribution in [0.3, 0.4) is 0 Å². The number of rotatable bonds is 0. The molecule has 46 valence electrons. The Morgan fingerprint density at radius 2 is 2.22 bits per heavy atom. The van der Waals surface area contributed by atoms with Crippen molar-refractivity contribution in [1.29, 1.82) is 0 Å². The lowest BCUT2D eigenvalue weighted by Crippen LogP contribution is -1.99. The van der Waals surface area contributed by atoms with Crippen LogP contribution in [0, 0.1) is 0 Å². The molecule has 0 fully saturated rings. The first kappa shape index (κ1) is 2.43. The van der Waals surface area contributed by atoms with Crippen molar-refractivity contribution in [2.45, 2.75) is 13.0 Å². The van der Waals surface area contributed by atoms with Gasteiger partial charge in [-0.15, -0.1) is 0 Å². The Hall–Kier alpha value is -0.820. The molecule has 1 heterocycles. The third kappa shape index (κ3) is 0.736. The minimum atomic E-state index is -1.83. The maximum absolute atomic E-state index is 7.59. The number of benzene rings is 1. The predicted molar refractivity (Wildman–Crippen MR) is 37.0 cm³/mol. The van der Waals surface area contributed by atoms with Gasteiger partial charge < -0.3 is 5.31 Å². The first-order valence-corrected chi connectivity index (χ1v) is 2.85. The maximum Gasteiger partial charge on any atom is 0.123 e. The van der Waals surface area contributed by atoms with Crippen molar-refractivity contribution >= 4 is 0 Å². The zero-order valence-electron chi connectivity index (χ0n) is 8.83. The molecule has 1 aromatic rings. The van der Waals surface area contributed by atoms with Crippen LogP contribution in [-0.2, 0) is 13.0 Å². The summed E-state index contributed by atoms with van der Waals surface area (Å²) in [5.41, 5.74) is 1.02. The molecule has 0 aromatic heterocycles. The second kappa shape index (κ2) is 1.85. The Morgan fingerprint density at radius 1 is 1.44 bits per heavy atom. The van der Waals surface area contributed by atoms with E-state index >= 15 is 0 Å². The van der Waals surface area contributed by atoms with E-state index in [4.69, 9.17) is 5.52 Å². The number of hydrogen-bond donors (Lipinski definition) is 1. The highest BCUT2D eigenvalue weighted by Crippen LogP contribution is 2.12. The van der Waals surface area contributed by atoms with E-state index in [9.17, 15) is 0 Å². The van der Waals surface area contributed by atoms with E-state index < -0.39 is 13.0 Å². The monoisotopic (exact) mass is 123 g/mol. The van der Waals surface area contributed by atoms with E-state index in [0.29, 0.717) is 16.4 Å². The quantitative estimate of drug-likeness (QED) is 0.548. The summed E-state index contributed by atoms with van der Waals surface area (Å²) in [6.07, 6.45) is 0. The molecular weight excluding hydrogens is 110 g/mol. The third-order valence-electron chi connectivity index (χ3n) is 1.35. The van der Waals surface area contributed by atoms with Crippen LogP contribution in [-0.4, -0.2) is 0 Å². The van der Waals surface area contributed by atoms with Gasteiger partial charge in [-0.2, -0.15) is 0 Å². The number of hydrogen-bond acceptors (Lipinski definition) is 1. The van der Waals surface area contributed by atoms with E-state index in [-0.39, 0.29) is 0 Å². The second-order valence-corrected chi connectivity index (χ2v) is 1.96. The zero-order valence-corrected chi connectivity index (χ0v) is 4.83. The van der Waals surface area contributed by atoms with E-state index in [1.165, 1.54) is 0 Å². The lowest BCUT2D eigenvalue weighted by Gasteiger charge is -1.91. The van der Waals surface area contributed by atoms with Gasteiger partial charge in [-0.05, 0) is 11.1 Å². The molecule has 1 aromatic carbocycles. The number of fused-ring (bicyclic) bond motifs is 1. The largest absolute Gasteiger partial charge is 0.309 e. The van der Waals surface area contributed by atoms with E-state index in [1.54, 1.807) is 24.3 Å². The first-order valence-electron chi connectivity index (χ1n) is 4.87. The number of nitrogens with one attached hydrogen (secondary N) is 1. The topological polar surface area (TPSA) is 12.0 Å². The van der Waals surface area contributed by atoms with Crippen LogP contribution in [0.5, 0.6) is 0 Å². The average Bonchev–Trinajstić information content (AvgIpc) is 2.30. The summed E-state index contributed by atoms with van der Waals surface area (Å²) in [4.78, 5) is 0. The summed E-state index contributed by atoms with van der Waals surface area (Å²) in [5.74, 6) is 0.